The highest BCUT2D eigenvalue weighted by atomic mass is 16.5. The molecule has 19 heavy (non-hydrogen) atoms. The molecule has 5 nitrogen and oxygen atoms in total. The molecule has 104 valence electrons. The van der Waals surface area contributed by atoms with Gasteiger partial charge in [-0.2, -0.15) is 0 Å². The van der Waals surface area contributed by atoms with Crippen LogP contribution in [0.1, 0.15) is 32.3 Å². The Kier molecular flexibility index (Phi) is 5.51. The van der Waals surface area contributed by atoms with Gasteiger partial charge in [0, 0.05) is 5.69 Å². The molecule has 1 atom stereocenters. The van der Waals surface area contributed by atoms with Crippen molar-refractivity contribution in [3.8, 4) is 0 Å². The van der Waals surface area contributed by atoms with E-state index in [0.717, 1.165) is 5.56 Å². The molecule has 0 fully saturated rings. The van der Waals surface area contributed by atoms with Crippen molar-refractivity contribution in [3.63, 3.8) is 0 Å². The van der Waals surface area contributed by atoms with E-state index in [1.165, 1.54) is 6.92 Å². The molecule has 1 amide bonds. The van der Waals surface area contributed by atoms with E-state index >= 15 is 0 Å². The highest BCUT2D eigenvalue weighted by Gasteiger charge is 2.13. The van der Waals surface area contributed by atoms with Crippen molar-refractivity contribution in [1.82, 2.24) is 0 Å². The predicted molar refractivity (Wildman–Crippen MR) is 72.2 cm³/mol. The predicted octanol–water partition coefficient (Wildman–Crippen LogP) is 2.24. The second kappa shape index (κ2) is 6.89. The maximum atomic E-state index is 11.6. The smallest absolute Gasteiger partial charge is 0.332 e. The summed E-state index contributed by atoms with van der Waals surface area (Å²) in [5.41, 5.74) is 1.81. The third-order valence-corrected chi connectivity index (χ3v) is 2.65. The van der Waals surface area contributed by atoms with E-state index < -0.39 is 12.1 Å². The first-order valence-corrected chi connectivity index (χ1v) is 6.14. The first-order valence-electron chi connectivity index (χ1n) is 6.14. The minimum Gasteiger partial charge on any atom is -0.479 e. The number of amides is 1. The SMILES string of the molecule is CC(C)c1cccc(NC(=O)CO[C@@H](C)C(=O)O)c1. The van der Waals surface area contributed by atoms with Gasteiger partial charge in [-0.3, -0.25) is 4.79 Å². The van der Waals surface area contributed by atoms with E-state index in [0.29, 0.717) is 11.6 Å². The Labute approximate surface area is 112 Å². The Hall–Kier alpha value is -1.88. The van der Waals surface area contributed by atoms with Gasteiger partial charge in [-0.1, -0.05) is 26.0 Å². The summed E-state index contributed by atoms with van der Waals surface area (Å²) in [7, 11) is 0. The number of carboxylic acid groups (broad SMARTS) is 1. The van der Waals surface area contributed by atoms with Gasteiger partial charge in [-0.05, 0) is 30.5 Å². The zero-order valence-electron chi connectivity index (χ0n) is 11.3. The van der Waals surface area contributed by atoms with Crippen molar-refractivity contribution in [3.05, 3.63) is 29.8 Å². The van der Waals surface area contributed by atoms with Crippen molar-refractivity contribution >= 4 is 17.6 Å². The lowest BCUT2D eigenvalue weighted by molar-refractivity contribution is -0.150. The monoisotopic (exact) mass is 265 g/mol. The molecule has 0 aliphatic heterocycles. The molecular formula is C14H19NO4. The van der Waals surface area contributed by atoms with Gasteiger partial charge in [0.05, 0.1) is 0 Å². The van der Waals surface area contributed by atoms with Crippen molar-refractivity contribution in [2.45, 2.75) is 32.8 Å². The Morgan fingerprint density at radius 2 is 2.00 bits per heavy atom. The molecular weight excluding hydrogens is 246 g/mol. The first-order chi connectivity index (χ1) is 8.90. The summed E-state index contributed by atoms with van der Waals surface area (Å²) in [6, 6.07) is 7.53. The van der Waals surface area contributed by atoms with E-state index in [2.05, 4.69) is 19.2 Å². The highest BCUT2D eigenvalue weighted by Crippen LogP contribution is 2.18. The number of benzene rings is 1. The van der Waals surface area contributed by atoms with Gasteiger partial charge in [-0.25, -0.2) is 4.79 Å². The van der Waals surface area contributed by atoms with Crippen LogP contribution in [0.5, 0.6) is 0 Å². The van der Waals surface area contributed by atoms with Gasteiger partial charge < -0.3 is 15.2 Å². The first kappa shape index (κ1) is 15.2. The quantitative estimate of drug-likeness (QED) is 0.827. The number of carbonyl (C=O) groups excluding carboxylic acids is 1. The van der Waals surface area contributed by atoms with Gasteiger partial charge in [-0.15, -0.1) is 0 Å². The van der Waals surface area contributed by atoms with Gasteiger partial charge in [0.15, 0.2) is 6.10 Å². The molecule has 0 aliphatic carbocycles. The lowest BCUT2D eigenvalue weighted by Gasteiger charge is -2.11. The summed E-state index contributed by atoms with van der Waals surface area (Å²) in [6.07, 6.45) is -0.993. The molecule has 1 aromatic rings. The Balaban J connectivity index is 2.53. The standard InChI is InChI=1S/C14H19NO4/c1-9(2)11-5-4-6-12(7-11)15-13(16)8-19-10(3)14(17)18/h4-7,9-10H,8H2,1-3H3,(H,15,16)(H,17,18)/t10-/m0/s1. The molecule has 1 aromatic carbocycles. The topological polar surface area (TPSA) is 75.6 Å². The zero-order chi connectivity index (χ0) is 14.4. The molecule has 0 spiro atoms. The minimum absolute atomic E-state index is 0.278. The molecule has 5 heteroatoms. The second-order valence-electron chi connectivity index (χ2n) is 4.62. The average Bonchev–Trinajstić information content (AvgIpc) is 2.36. The van der Waals surface area contributed by atoms with Crippen LogP contribution in [0.3, 0.4) is 0 Å². The number of carbonyl (C=O) groups is 2. The summed E-state index contributed by atoms with van der Waals surface area (Å²) in [6.45, 7) is 5.24. The molecule has 0 aliphatic rings. The number of ether oxygens (including phenoxy) is 1. The fourth-order valence-corrected chi connectivity index (χ4v) is 1.44. The third kappa shape index (κ3) is 5.09. The van der Waals surface area contributed by atoms with E-state index in [-0.39, 0.29) is 12.5 Å². The molecule has 0 unspecified atom stereocenters. The van der Waals surface area contributed by atoms with E-state index in [9.17, 15) is 9.59 Å². The lowest BCUT2D eigenvalue weighted by atomic mass is 10.0. The summed E-state index contributed by atoms with van der Waals surface area (Å²) < 4.78 is 4.90. The van der Waals surface area contributed by atoms with Gasteiger partial charge in [0.25, 0.3) is 0 Å². The van der Waals surface area contributed by atoms with Crippen LogP contribution < -0.4 is 5.32 Å². The van der Waals surface area contributed by atoms with Crippen LogP contribution in [0, 0.1) is 0 Å². The normalized spacial score (nSPS) is 12.2. The molecule has 2 N–H and O–H groups in total. The highest BCUT2D eigenvalue weighted by molar-refractivity contribution is 5.92. The number of hydrogen-bond donors (Lipinski definition) is 2. The maximum absolute atomic E-state index is 11.6. The summed E-state index contributed by atoms with van der Waals surface area (Å²) in [5.74, 6) is -1.08. The molecule has 0 saturated carbocycles. The van der Waals surface area contributed by atoms with Crippen molar-refractivity contribution in [1.29, 1.82) is 0 Å². The zero-order valence-corrected chi connectivity index (χ0v) is 11.3. The maximum Gasteiger partial charge on any atom is 0.332 e. The molecule has 1 rings (SSSR count). The van der Waals surface area contributed by atoms with E-state index in [4.69, 9.17) is 9.84 Å². The van der Waals surface area contributed by atoms with E-state index in [1.807, 2.05) is 18.2 Å². The van der Waals surface area contributed by atoms with E-state index in [1.54, 1.807) is 6.07 Å². The van der Waals surface area contributed by atoms with Crippen LogP contribution in [0.25, 0.3) is 0 Å². The van der Waals surface area contributed by atoms with Crippen molar-refractivity contribution in [2.24, 2.45) is 0 Å². The molecule has 0 saturated heterocycles. The molecule has 0 aromatic heterocycles. The van der Waals surface area contributed by atoms with Crippen LogP contribution in [0.2, 0.25) is 0 Å². The minimum atomic E-state index is -1.09. The van der Waals surface area contributed by atoms with Crippen molar-refractivity contribution < 1.29 is 19.4 Å². The summed E-state index contributed by atoms with van der Waals surface area (Å²) >= 11 is 0. The van der Waals surface area contributed by atoms with Gasteiger partial charge in [0.1, 0.15) is 6.61 Å². The van der Waals surface area contributed by atoms with Crippen molar-refractivity contribution in [2.75, 3.05) is 11.9 Å². The van der Waals surface area contributed by atoms with Crippen LogP contribution in [-0.2, 0) is 14.3 Å². The number of nitrogens with one attached hydrogen (secondary N) is 1. The van der Waals surface area contributed by atoms with Crippen LogP contribution in [0.4, 0.5) is 5.69 Å². The second-order valence-corrected chi connectivity index (χ2v) is 4.62. The number of aliphatic carboxylic acids is 1. The Bertz CT molecular complexity index is 457. The fourth-order valence-electron chi connectivity index (χ4n) is 1.44. The average molecular weight is 265 g/mol. The fraction of sp³-hybridized carbons (Fsp3) is 0.429. The van der Waals surface area contributed by atoms with Crippen LogP contribution in [-0.4, -0.2) is 29.7 Å². The number of hydrogen-bond acceptors (Lipinski definition) is 3. The third-order valence-electron chi connectivity index (χ3n) is 2.65. The number of rotatable bonds is 6. The summed E-state index contributed by atoms with van der Waals surface area (Å²) in [4.78, 5) is 22.1. The van der Waals surface area contributed by atoms with Gasteiger partial charge in [0.2, 0.25) is 5.91 Å². The van der Waals surface area contributed by atoms with Crippen LogP contribution >= 0.6 is 0 Å². The summed E-state index contributed by atoms with van der Waals surface area (Å²) in [5, 5.41) is 11.3. The lowest BCUT2D eigenvalue weighted by Crippen LogP contribution is -2.26. The Morgan fingerprint density at radius 1 is 1.32 bits per heavy atom. The molecule has 0 bridgehead atoms. The van der Waals surface area contributed by atoms with Gasteiger partial charge >= 0.3 is 5.97 Å². The largest absolute Gasteiger partial charge is 0.479 e. The molecule has 0 heterocycles. The van der Waals surface area contributed by atoms with Crippen LogP contribution in [0.15, 0.2) is 24.3 Å². The number of carboxylic acids is 1. The number of anilines is 1. The molecule has 0 radical (unpaired) electrons. The Morgan fingerprint density at radius 3 is 2.58 bits per heavy atom.